The molecule has 0 unspecified atom stereocenters. The second kappa shape index (κ2) is 9.43. The van der Waals surface area contributed by atoms with Crippen LogP contribution in [0.15, 0.2) is 55.1 Å². The van der Waals surface area contributed by atoms with Gasteiger partial charge in [-0.3, -0.25) is 9.59 Å². The van der Waals surface area contributed by atoms with Crippen molar-refractivity contribution in [3.63, 3.8) is 0 Å². The number of methoxy groups -OCH3 is 1. The molecule has 2 rings (SSSR count). The fourth-order valence-electron chi connectivity index (χ4n) is 2.41. The van der Waals surface area contributed by atoms with E-state index in [9.17, 15) is 9.59 Å². The van der Waals surface area contributed by atoms with Gasteiger partial charge in [-0.05, 0) is 37.3 Å². The third-order valence-electron chi connectivity index (χ3n) is 3.83. The first-order valence-corrected chi connectivity index (χ1v) is 8.48. The summed E-state index contributed by atoms with van der Waals surface area (Å²) in [4.78, 5) is 26.1. The van der Waals surface area contributed by atoms with Crippen molar-refractivity contribution >= 4 is 17.5 Å². The molecule has 6 nitrogen and oxygen atoms in total. The zero-order valence-electron chi connectivity index (χ0n) is 15.8. The smallest absolute Gasteiger partial charge is 0.254 e. The van der Waals surface area contributed by atoms with E-state index in [-0.39, 0.29) is 18.4 Å². The average Bonchev–Trinajstić information content (AvgIpc) is 2.67. The molecule has 0 saturated heterocycles. The largest absolute Gasteiger partial charge is 0.493 e. The van der Waals surface area contributed by atoms with Gasteiger partial charge in [0.15, 0.2) is 11.5 Å². The highest BCUT2D eigenvalue weighted by Gasteiger charge is 2.17. The first-order valence-electron chi connectivity index (χ1n) is 8.48. The predicted octanol–water partition coefficient (Wildman–Crippen LogP) is 3.28. The minimum absolute atomic E-state index is 0.0657. The number of hydrogen-bond donors (Lipinski definition) is 1. The van der Waals surface area contributed by atoms with Crippen LogP contribution in [0.1, 0.15) is 15.9 Å². The number of benzene rings is 2. The van der Waals surface area contributed by atoms with Gasteiger partial charge in [0, 0.05) is 18.3 Å². The topological polar surface area (TPSA) is 67.9 Å². The number of nitrogens with one attached hydrogen (secondary N) is 1. The number of anilines is 1. The Morgan fingerprint density at radius 2 is 1.85 bits per heavy atom. The van der Waals surface area contributed by atoms with Gasteiger partial charge < -0.3 is 19.7 Å². The van der Waals surface area contributed by atoms with Crippen LogP contribution in [-0.4, -0.2) is 44.0 Å². The van der Waals surface area contributed by atoms with Gasteiger partial charge in [0.1, 0.15) is 6.61 Å². The normalized spacial score (nSPS) is 10.0. The van der Waals surface area contributed by atoms with Crippen LogP contribution in [0.4, 0.5) is 5.69 Å². The molecule has 0 heterocycles. The van der Waals surface area contributed by atoms with Crippen molar-refractivity contribution in [1.82, 2.24) is 4.90 Å². The molecule has 2 amide bonds. The fraction of sp³-hybridized carbons (Fsp3) is 0.238. The first kappa shape index (κ1) is 20.0. The molecule has 0 aliphatic rings. The van der Waals surface area contributed by atoms with Gasteiger partial charge in [-0.15, -0.1) is 0 Å². The lowest BCUT2D eigenvalue weighted by Gasteiger charge is -2.18. The molecule has 0 spiro atoms. The van der Waals surface area contributed by atoms with Crippen molar-refractivity contribution in [3.8, 4) is 11.5 Å². The lowest BCUT2D eigenvalue weighted by atomic mass is 10.1. The molecule has 0 bridgehead atoms. The molecule has 0 aliphatic heterocycles. The lowest BCUT2D eigenvalue weighted by Crippen LogP contribution is -2.34. The van der Waals surface area contributed by atoms with E-state index in [1.54, 1.807) is 31.3 Å². The van der Waals surface area contributed by atoms with Crippen LogP contribution < -0.4 is 14.8 Å². The molecule has 27 heavy (non-hydrogen) atoms. The van der Waals surface area contributed by atoms with Crippen molar-refractivity contribution < 1.29 is 19.1 Å². The molecule has 0 saturated carbocycles. The standard InChI is InChI=1S/C21H24N2O4/c1-5-12-27-18-11-8-16(13-19(18)26-4)21(25)23(3)14-20(24)22-17-9-6-15(2)7-10-17/h5-11,13H,1,12,14H2,2-4H3,(H,22,24). The molecular weight excluding hydrogens is 344 g/mol. The Balaban J connectivity index is 2.02. The number of nitrogens with zero attached hydrogens (tertiary/aromatic N) is 1. The average molecular weight is 368 g/mol. The van der Waals surface area contributed by atoms with Crippen molar-refractivity contribution in [2.45, 2.75) is 6.92 Å². The highest BCUT2D eigenvalue weighted by molar-refractivity contribution is 5.99. The van der Waals surface area contributed by atoms with E-state index in [2.05, 4.69) is 11.9 Å². The van der Waals surface area contributed by atoms with E-state index in [1.165, 1.54) is 12.0 Å². The minimum atomic E-state index is -0.289. The Kier molecular flexibility index (Phi) is 7.00. The molecule has 0 atom stereocenters. The van der Waals surface area contributed by atoms with Crippen molar-refractivity contribution in [1.29, 1.82) is 0 Å². The number of carbonyl (C=O) groups is 2. The quantitative estimate of drug-likeness (QED) is 0.726. The fourth-order valence-corrected chi connectivity index (χ4v) is 2.41. The third kappa shape index (κ3) is 5.60. The molecule has 0 aliphatic carbocycles. The SMILES string of the molecule is C=CCOc1ccc(C(=O)N(C)CC(=O)Nc2ccc(C)cc2)cc1OC. The molecule has 1 N–H and O–H groups in total. The zero-order chi connectivity index (χ0) is 19.8. The van der Waals surface area contributed by atoms with E-state index in [4.69, 9.17) is 9.47 Å². The Morgan fingerprint density at radius 3 is 2.48 bits per heavy atom. The maximum absolute atomic E-state index is 12.6. The van der Waals surface area contributed by atoms with Crippen molar-refractivity contribution in [3.05, 3.63) is 66.2 Å². The highest BCUT2D eigenvalue weighted by atomic mass is 16.5. The molecule has 142 valence electrons. The number of ether oxygens (including phenoxy) is 2. The van der Waals surface area contributed by atoms with Crippen LogP contribution in [0.2, 0.25) is 0 Å². The van der Waals surface area contributed by atoms with E-state index in [0.29, 0.717) is 29.4 Å². The maximum Gasteiger partial charge on any atom is 0.254 e. The Hall–Kier alpha value is -3.28. The van der Waals surface area contributed by atoms with Gasteiger partial charge in [0.25, 0.3) is 5.91 Å². The molecule has 0 fully saturated rings. The van der Waals surface area contributed by atoms with E-state index >= 15 is 0 Å². The van der Waals surface area contributed by atoms with Crippen molar-refractivity contribution in [2.75, 3.05) is 32.6 Å². The summed E-state index contributed by atoms with van der Waals surface area (Å²) in [5, 5.41) is 2.77. The second-order valence-corrected chi connectivity index (χ2v) is 6.04. The highest BCUT2D eigenvalue weighted by Crippen LogP contribution is 2.28. The van der Waals surface area contributed by atoms with Crippen LogP contribution in [0.5, 0.6) is 11.5 Å². The summed E-state index contributed by atoms with van der Waals surface area (Å²) >= 11 is 0. The Labute approximate surface area is 159 Å². The van der Waals surface area contributed by atoms with E-state index in [0.717, 1.165) is 5.56 Å². The number of carbonyl (C=O) groups excluding carboxylic acids is 2. The summed E-state index contributed by atoms with van der Waals surface area (Å²) in [6.07, 6.45) is 1.62. The summed E-state index contributed by atoms with van der Waals surface area (Å²) in [5.41, 5.74) is 2.20. The number of hydrogen-bond acceptors (Lipinski definition) is 4. The van der Waals surface area contributed by atoms with Crippen LogP contribution in [0.3, 0.4) is 0 Å². The molecule has 2 aromatic rings. The summed E-state index contributed by atoms with van der Waals surface area (Å²) in [5.74, 6) is 0.407. The molecule has 0 radical (unpaired) electrons. The Bertz CT molecular complexity index is 815. The van der Waals surface area contributed by atoms with Crippen LogP contribution in [-0.2, 0) is 4.79 Å². The van der Waals surface area contributed by atoms with Crippen LogP contribution in [0.25, 0.3) is 0 Å². The minimum Gasteiger partial charge on any atom is -0.493 e. The van der Waals surface area contributed by atoms with Gasteiger partial charge in [-0.1, -0.05) is 30.4 Å². The van der Waals surface area contributed by atoms with Crippen LogP contribution >= 0.6 is 0 Å². The van der Waals surface area contributed by atoms with Gasteiger partial charge in [-0.25, -0.2) is 0 Å². The van der Waals surface area contributed by atoms with E-state index < -0.39 is 0 Å². The van der Waals surface area contributed by atoms with Gasteiger partial charge in [-0.2, -0.15) is 0 Å². The predicted molar refractivity (Wildman–Crippen MR) is 105 cm³/mol. The van der Waals surface area contributed by atoms with Crippen molar-refractivity contribution in [2.24, 2.45) is 0 Å². The Morgan fingerprint density at radius 1 is 1.15 bits per heavy atom. The first-order chi connectivity index (χ1) is 12.9. The number of aryl methyl sites for hydroxylation is 1. The van der Waals surface area contributed by atoms with Crippen LogP contribution in [0, 0.1) is 6.92 Å². The lowest BCUT2D eigenvalue weighted by molar-refractivity contribution is -0.116. The summed E-state index contributed by atoms with van der Waals surface area (Å²) in [7, 11) is 3.08. The van der Waals surface area contributed by atoms with Gasteiger partial charge in [0.05, 0.1) is 13.7 Å². The summed E-state index contributed by atoms with van der Waals surface area (Å²) in [6, 6.07) is 12.4. The third-order valence-corrected chi connectivity index (χ3v) is 3.83. The summed E-state index contributed by atoms with van der Waals surface area (Å²) < 4.78 is 10.8. The molecule has 0 aromatic heterocycles. The molecule has 2 aromatic carbocycles. The van der Waals surface area contributed by atoms with E-state index in [1.807, 2.05) is 31.2 Å². The van der Waals surface area contributed by atoms with Gasteiger partial charge in [0.2, 0.25) is 5.91 Å². The molecule has 6 heteroatoms. The maximum atomic E-state index is 12.6. The number of likely N-dealkylation sites (N-methyl/N-ethyl adjacent to an activating group) is 1. The summed E-state index contributed by atoms with van der Waals surface area (Å²) in [6.45, 7) is 5.84. The zero-order valence-corrected chi connectivity index (χ0v) is 15.8. The number of amides is 2. The van der Waals surface area contributed by atoms with Gasteiger partial charge >= 0.3 is 0 Å². The number of rotatable bonds is 8. The second-order valence-electron chi connectivity index (χ2n) is 6.04. The monoisotopic (exact) mass is 368 g/mol. The molecular formula is C21H24N2O4.